The Balaban J connectivity index is 1.59. The topological polar surface area (TPSA) is 41.6 Å². The second kappa shape index (κ2) is 10.2. The minimum atomic E-state index is -0.559. The van der Waals surface area contributed by atoms with Gasteiger partial charge in [-0.05, 0) is 80.3 Å². The molecule has 2 atom stereocenters. The van der Waals surface area contributed by atoms with Crippen molar-refractivity contribution in [3.05, 3.63) is 59.2 Å². The van der Waals surface area contributed by atoms with Gasteiger partial charge in [0.1, 0.15) is 5.75 Å². The zero-order valence-electron chi connectivity index (χ0n) is 19.9. The minimum Gasteiger partial charge on any atom is -0.481 e. The van der Waals surface area contributed by atoms with Crippen LogP contribution in [0, 0.1) is 12.8 Å². The summed E-state index contributed by atoms with van der Waals surface area (Å²) in [6.07, 6.45) is 1.95. The fourth-order valence-electron chi connectivity index (χ4n) is 4.12. The van der Waals surface area contributed by atoms with E-state index in [0.29, 0.717) is 5.92 Å². The lowest BCUT2D eigenvalue weighted by Crippen LogP contribution is -2.38. The number of hydrogen-bond acceptors (Lipinski definition) is 3. The van der Waals surface area contributed by atoms with E-state index in [0.717, 1.165) is 41.4 Å². The smallest absolute Gasteiger partial charge is 0.261 e. The van der Waals surface area contributed by atoms with Gasteiger partial charge in [0.15, 0.2) is 6.10 Å². The van der Waals surface area contributed by atoms with Crippen LogP contribution in [0.1, 0.15) is 76.1 Å². The van der Waals surface area contributed by atoms with Gasteiger partial charge in [0.25, 0.3) is 5.91 Å². The van der Waals surface area contributed by atoms with Crippen molar-refractivity contribution in [1.29, 1.82) is 0 Å². The quantitative estimate of drug-likeness (QED) is 0.595. The van der Waals surface area contributed by atoms with Gasteiger partial charge in [0.2, 0.25) is 0 Å². The van der Waals surface area contributed by atoms with Crippen molar-refractivity contribution < 1.29 is 9.53 Å². The molecule has 1 aliphatic rings. The third kappa shape index (κ3) is 6.03. The van der Waals surface area contributed by atoms with Crippen molar-refractivity contribution in [3.63, 3.8) is 0 Å². The van der Waals surface area contributed by atoms with Crippen LogP contribution in [0.25, 0.3) is 0 Å². The molecule has 1 heterocycles. The van der Waals surface area contributed by atoms with Crippen LogP contribution in [0.3, 0.4) is 0 Å². The van der Waals surface area contributed by atoms with E-state index in [4.69, 9.17) is 4.74 Å². The number of nitrogens with one attached hydrogen (secondary N) is 1. The molecule has 1 fully saturated rings. The number of carbonyl (C=O) groups is 1. The number of benzene rings is 2. The van der Waals surface area contributed by atoms with Crippen LogP contribution in [0.15, 0.2) is 42.5 Å². The molecule has 2 aromatic carbocycles. The van der Waals surface area contributed by atoms with Crippen LogP contribution in [0.5, 0.6) is 5.75 Å². The molecule has 0 spiro atoms. The number of rotatable bonds is 7. The van der Waals surface area contributed by atoms with Crippen LogP contribution in [-0.2, 0) is 4.79 Å². The van der Waals surface area contributed by atoms with E-state index in [1.807, 2.05) is 26.8 Å². The number of anilines is 1. The molecule has 2 aromatic rings. The Kier molecular flexibility index (Phi) is 7.64. The third-order valence-electron chi connectivity index (χ3n) is 6.36. The summed E-state index contributed by atoms with van der Waals surface area (Å²) < 4.78 is 6.07. The van der Waals surface area contributed by atoms with Crippen molar-refractivity contribution >= 4 is 11.6 Å². The zero-order valence-corrected chi connectivity index (χ0v) is 19.9. The lowest BCUT2D eigenvalue weighted by molar-refractivity contribution is -0.127. The summed E-state index contributed by atoms with van der Waals surface area (Å²) in [5.41, 5.74) is 4.63. The van der Waals surface area contributed by atoms with Gasteiger partial charge in [-0.2, -0.15) is 0 Å². The third-order valence-corrected chi connectivity index (χ3v) is 6.36. The predicted octanol–water partition coefficient (Wildman–Crippen LogP) is 6.00. The van der Waals surface area contributed by atoms with Gasteiger partial charge < -0.3 is 15.0 Å². The van der Waals surface area contributed by atoms with Gasteiger partial charge >= 0.3 is 0 Å². The van der Waals surface area contributed by atoms with Gasteiger partial charge in [0, 0.05) is 18.8 Å². The average Bonchev–Trinajstić information content (AvgIpc) is 2.74. The summed E-state index contributed by atoms with van der Waals surface area (Å²) in [5, 5.41) is 3.11. The summed E-state index contributed by atoms with van der Waals surface area (Å²) in [7, 11) is 0. The maximum absolute atomic E-state index is 12.8. The van der Waals surface area contributed by atoms with Crippen molar-refractivity contribution in [2.45, 2.75) is 72.4 Å². The second-order valence-corrected chi connectivity index (χ2v) is 9.45. The van der Waals surface area contributed by atoms with E-state index in [-0.39, 0.29) is 11.9 Å². The van der Waals surface area contributed by atoms with E-state index >= 15 is 0 Å². The van der Waals surface area contributed by atoms with E-state index in [1.165, 1.54) is 18.5 Å². The Hall–Kier alpha value is -2.49. The molecule has 0 saturated carbocycles. The number of nitrogens with zero attached hydrogens (tertiary/aromatic N) is 1. The van der Waals surface area contributed by atoms with E-state index in [1.54, 1.807) is 0 Å². The molecule has 3 rings (SSSR count). The molecule has 0 aromatic heterocycles. The molecule has 1 saturated heterocycles. The van der Waals surface area contributed by atoms with Crippen molar-refractivity contribution in [3.8, 4) is 5.75 Å². The Morgan fingerprint density at radius 3 is 2.29 bits per heavy atom. The van der Waals surface area contributed by atoms with Crippen molar-refractivity contribution in [2.75, 3.05) is 18.0 Å². The van der Waals surface area contributed by atoms with E-state index in [2.05, 4.69) is 67.4 Å². The van der Waals surface area contributed by atoms with Crippen LogP contribution in [0.2, 0.25) is 0 Å². The van der Waals surface area contributed by atoms with E-state index < -0.39 is 6.10 Å². The Morgan fingerprint density at radius 2 is 1.68 bits per heavy atom. The minimum absolute atomic E-state index is 0.0731. The van der Waals surface area contributed by atoms with Crippen LogP contribution in [-0.4, -0.2) is 25.1 Å². The van der Waals surface area contributed by atoms with Gasteiger partial charge in [0.05, 0.1) is 6.04 Å². The molecule has 1 N–H and O–H groups in total. The fourth-order valence-corrected chi connectivity index (χ4v) is 4.12. The number of carbonyl (C=O) groups excluding carboxylic acids is 1. The van der Waals surface area contributed by atoms with Crippen molar-refractivity contribution in [2.24, 2.45) is 5.92 Å². The summed E-state index contributed by atoms with van der Waals surface area (Å²) >= 11 is 0. The number of amides is 1. The molecule has 1 amide bonds. The predicted molar refractivity (Wildman–Crippen MR) is 129 cm³/mol. The first-order valence-electron chi connectivity index (χ1n) is 11.7. The summed E-state index contributed by atoms with van der Waals surface area (Å²) in [6.45, 7) is 14.7. The van der Waals surface area contributed by atoms with Gasteiger partial charge in [-0.15, -0.1) is 0 Å². The number of ether oxygens (including phenoxy) is 1. The van der Waals surface area contributed by atoms with Gasteiger partial charge in [-0.1, -0.05) is 45.0 Å². The largest absolute Gasteiger partial charge is 0.481 e. The Labute approximate surface area is 188 Å². The molecular formula is C27H38N2O2. The molecule has 1 aliphatic heterocycles. The highest BCUT2D eigenvalue weighted by molar-refractivity contribution is 5.81. The van der Waals surface area contributed by atoms with Crippen LogP contribution in [0.4, 0.5) is 5.69 Å². The molecule has 168 valence electrons. The zero-order chi connectivity index (χ0) is 22.5. The van der Waals surface area contributed by atoms with Gasteiger partial charge in [-0.25, -0.2) is 0 Å². The molecule has 0 unspecified atom stereocenters. The molecule has 31 heavy (non-hydrogen) atoms. The molecule has 0 aliphatic carbocycles. The highest BCUT2D eigenvalue weighted by Gasteiger charge is 2.20. The second-order valence-electron chi connectivity index (χ2n) is 9.45. The van der Waals surface area contributed by atoms with Gasteiger partial charge in [-0.3, -0.25) is 4.79 Å². The highest BCUT2D eigenvalue weighted by atomic mass is 16.5. The van der Waals surface area contributed by atoms with Crippen LogP contribution < -0.4 is 15.0 Å². The first-order chi connectivity index (χ1) is 14.7. The number of hydrogen-bond donors (Lipinski definition) is 1. The van der Waals surface area contributed by atoms with Crippen molar-refractivity contribution in [1.82, 2.24) is 5.32 Å². The summed E-state index contributed by atoms with van der Waals surface area (Å²) in [4.78, 5) is 15.3. The monoisotopic (exact) mass is 422 g/mol. The first-order valence-corrected chi connectivity index (χ1v) is 11.7. The molecular weight excluding hydrogens is 384 g/mol. The standard InChI is InChI=1S/C27H38N2O2/c1-18(2)25-12-7-20(4)17-26(25)31-22(6)27(30)28-21(5)23-8-10-24(11-9-23)29-15-13-19(3)14-16-29/h7-12,17-19,21-22H,13-16H2,1-6H3,(H,28,30)/t21-,22-/m0/s1. The Morgan fingerprint density at radius 1 is 1.03 bits per heavy atom. The van der Waals surface area contributed by atoms with Crippen LogP contribution >= 0.6 is 0 Å². The SMILES string of the molecule is Cc1ccc(C(C)C)c(O[C@@H](C)C(=O)N[C@@H](C)c2ccc(N3CCC(C)CC3)cc2)c1. The molecule has 4 nitrogen and oxygen atoms in total. The molecule has 4 heteroatoms. The lowest BCUT2D eigenvalue weighted by Gasteiger charge is -2.32. The normalized spacial score (nSPS) is 16.8. The van der Waals surface area contributed by atoms with E-state index in [9.17, 15) is 4.79 Å². The Bertz CT molecular complexity index is 867. The first kappa shape index (κ1) is 23.2. The average molecular weight is 423 g/mol. The summed E-state index contributed by atoms with van der Waals surface area (Å²) in [5.74, 6) is 1.86. The molecule has 0 radical (unpaired) electrons. The highest BCUT2D eigenvalue weighted by Crippen LogP contribution is 2.29. The lowest BCUT2D eigenvalue weighted by atomic mass is 9.98. The molecule has 0 bridgehead atoms. The number of piperidine rings is 1. The maximum atomic E-state index is 12.8. The fraction of sp³-hybridized carbons (Fsp3) is 0.519. The number of aryl methyl sites for hydroxylation is 1. The maximum Gasteiger partial charge on any atom is 0.261 e. The summed E-state index contributed by atoms with van der Waals surface area (Å²) in [6, 6.07) is 14.7.